The maximum absolute atomic E-state index is 13.0. The second-order valence-electron chi connectivity index (χ2n) is 6.47. The van der Waals surface area contributed by atoms with Crippen LogP contribution in [0.5, 0.6) is 0 Å². The van der Waals surface area contributed by atoms with E-state index in [1.807, 2.05) is 4.90 Å². The van der Waals surface area contributed by atoms with Gasteiger partial charge in [0.2, 0.25) is 0 Å². The molecule has 0 aliphatic carbocycles. The van der Waals surface area contributed by atoms with Crippen LogP contribution in [-0.2, 0) is 6.18 Å². The summed E-state index contributed by atoms with van der Waals surface area (Å²) in [5.74, 6) is 0.390. The Kier molecular flexibility index (Phi) is 3.49. The van der Waals surface area contributed by atoms with E-state index < -0.39 is 11.9 Å². The van der Waals surface area contributed by atoms with Crippen LogP contribution in [-0.4, -0.2) is 32.7 Å². The molecule has 0 bridgehead atoms. The summed E-state index contributed by atoms with van der Waals surface area (Å²) in [6.45, 7) is 5.79. The summed E-state index contributed by atoms with van der Waals surface area (Å²) in [4.78, 5) is 9.32. The van der Waals surface area contributed by atoms with Crippen LogP contribution < -0.4 is 4.90 Å². The van der Waals surface area contributed by atoms with E-state index in [2.05, 4.69) is 28.9 Å². The third-order valence-corrected chi connectivity index (χ3v) is 4.19. The van der Waals surface area contributed by atoms with Crippen LogP contribution in [0.4, 0.5) is 19.0 Å². The van der Waals surface area contributed by atoms with Crippen molar-refractivity contribution in [2.75, 3.05) is 18.0 Å². The van der Waals surface area contributed by atoms with Gasteiger partial charge in [0.25, 0.3) is 5.78 Å². The Morgan fingerprint density at radius 1 is 1.18 bits per heavy atom. The Labute approximate surface area is 126 Å². The highest BCUT2D eigenvalue weighted by Gasteiger charge is 2.35. The highest BCUT2D eigenvalue weighted by atomic mass is 19.4. The van der Waals surface area contributed by atoms with E-state index >= 15 is 0 Å². The fourth-order valence-electron chi connectivity index (χ4n) is 2.82. The van der Waals surface area contributed by atoms with Gasteiger partial charge in [0.1, 0.15) is 12.1 Å². The maximum Gasteiger partial charge on any atom is 0.433 e. The van der Waals surface area contributed by atoms with Gasteiger partial charge in [-0.15, -0.1) is 0 Å². The highest BCUT2D eigenvalue weighted by Crippen LogP contribution is 2.34. The molecule has 2 aromatic rings. The van der Waals surface area contributed by atoms with Crippen molar-refractivity contribution in [2.24, 2.45) is 5.41 Å². The number of fused-ring (bicyclic) bond motifs is 1. The molecule has 0 aromatic carbocycles. The van der Waals surface area contributed by atoms with Gasteiger partial charge >= 0.3 is 6.18 Å². The maximum atomic E-state index is 13.0. The summed E-state index contributed by atoms with van der Waals surface area (Å²) in [6.07, 6.45) is -0.345. The topological polar surface area (TPSA) is 46.3 Å². The van der Waals surface area contributed by atoms with Gasteiger partial charge in [-0.3, -0.25) is 0 Å². The lowest BCUT2D eigenvalue weighted by Crippen LogP contribution is -2.28. The molecular formula is C14H18F3N5. The third-order valence-electron chi connectivity index (χ3n) is 4.19. The summed E-state index contributed by atoms with van der Waals surface area (Å²) in [7, 11) is 0. The molecule has 1 fully saturated rings. The third kappa shape index (κ3) is 2.86. The van der Waals surface area contributed by atoms with Crippen LogP contribution in [0, 0.1) is 5.41 Å². The van der Waals surface area contributed by atoms with Gasteiger partial charge in [-0.05, 0) is 24.7 Å². The second kappa shape index (κ2) is 5.10. The molecule has 3 heterocycles. The van der Waals surface area contributed by atoms with Crippen molar-refractivity contribution in [1.29, 1.82) is 0 Å². The minimum Gasteiger partial charge on any atom is -0.356 e. The van der Waals surface area contributed by atoms with Crippen LogP contribution in [0.2, 0.25) is 0 Å². The first-order chi connectivity index (χ1) is 10.3. The first kappa shape index (κ1) is 15.1. The van der Waals surface area contributed by atoms with Crippen molar-refractivity contribution in [1.82, 2.24) is 19.6 Å². The number of anilines is 1. The number of rotatable bonds is 1. The summed E-state index contributed by atoms with van der Waals surface area (Å²) in [6, 6.07) is 1.07. The Morgan fingerprint density at radius 3 is 2.68 bits per heavy atom. The number of alkyl halides is 3. The van der Waals surface area contributed by atoms with Gasteiger partial charge in [-0.2, -0.15) is 27.8 Å². The predicted molar refractivity (Wildman–Crippen MR) is 75.6 cm³/mol. The van der Waals surface area contributed by atoms with E-state index in [-0.39, 0.29) is 11.2 Å². The van der Waals surface area contributed by atoms with E-state index in [4.69, 9.17) is 0 Å². The van der Waals surface area contributed by atoms with Crippen LogP contribution in [0.3, 0.4) is 0 Å². The molecule has 22 heavy (non-hydrogen) atoms. The van der Waals surface area contributed by atoms with Crippen LogP contribution in [0.15, 0.2) is 12.4 Å². The highest BCUT2D eigenvalue weighted by molar-refractivity contribution is 5.48. The summed E-state index contributed by atoms with van der Waals surface area (Å²) in [5.41, 5.74) is -0.720. The zero-order valence-electron chi connectivity index (χ0n) is 12.6. The fraction of sp³-hybridized carbons (Fsp3) is 0.643. The van der Waals surface area contributed by atoms with Gasteiger partial charge in [-0.1, -0.05) is 13.8 Å². The zero-order valence-corrected chi connectivity index (χ0v) is 12.6. The monoisotopic (exact) mass is 313 g/mol. The Balaban J connectivity index is 2.03. The molecule has 0 N–H and O–H groups in total. The van der Waals surface area contributed by atoms with Crippen LogP contribution >= 0.6 is 0 Å². The molecule has 0 atom stereocenters. The van der Waals surface area contributed by atoms with E-state index in [1.54, 1.807) is 0 Å². The lowest BCUT2D eigenvalue weighted by Gasteiger charge is -2.25. The van der Waals surface area contributed by atoms with Gasteiger partial charge < -0.3 is 4.90 Å². The molecule has 1 saturated heterocycles. The van der Waals surface area contributed by atoms with Crippen molar-refractivity contribution >= 4 is 11.6 Å². The Bertz CT molecular complexity index is 677. The van der Waals surface area contributed by atoms with Crippen LogP contribution in [0.25, 0.3) is 5.78 Å². The molecule has 5 nitrogen and oxygen atoms in total. The average Bonchev–Trinajstić information content (AvgIpc) is 2.81. The fourth-order valence-corrected chi connectivity index (χ4v) is 2.82. The standard InChI is InChI=1S/C14H18F3N5/c1-13(2)4-3-6-21(7-5-13)11-8-10(14(15,16)17)20-12-18-9-19-22(11)12/h8-9H,3-7H2,1-2H3. The first-order valence-corrected chi connectivity index (χ1v) is 7.29. The molecule has 0 amide bonds. The lowest BCUT2D eigenvalue weighted by atomic mass is 9.85. The van der Waals surface area contributed by atoms with Crippen LogP contribution in [0.1, 0.15) is 38.8 Å². The van der Waals surface area contributed by atoms with Gasteiger partial charge in [0.05, 0.1) is 0 Å². The molecule has 0 unspecified atom stereocenters. The van der Waals surface area contributed by atoms with Crippen molar-refractivity contribution in [3.05, 3.63) is 18.1 Å². The molecule has 0 saturated carbocycles. The Morgan fingerprint density at radius 2 is 1.95 bits per heavy atom. The van der Waals surface area contributed by atoms with Crippen molar-refractivity contribution in [3.63, 3.8) is 0 Å². The number of nitrogens with zero attached hydrogens (tertiary/aromatic N) is 5. The van der Waals surface area contributed by atoms with Crippen molar-refractivity contribution in [3.8, 4) is 0 Å². The number of hydrogen-bond donors (Lipinski definition) is 0. The molecule has 3 rings (SSSR count). The SMILES string of the molecule is CC1(C)CCCN(c2cc(C(F)(F)F)nc3ncnn23)CC1. The van der Waals surface area contributed by atoms with Gasteiger partial charge in [0.15, 0.2) is 5.69 Å². The largest absolute Gasteiger partial charge is 0.433 e. The van der Waals surface area contributed by atoms with E-state index in [9.17, 15) is 13.2 Å². The minimum atomic E-state index is -4.49. The normalized spacial score (nSPS) is 19.4. The summed E-state index contributed by atoms with van der Waals surface area (Å²) in [5, 5.41) is 4.02. The number of hydrogen-bond acceptors (Lipinski definition) is 4. The molecule has 0 spiro atoms. The zero-order chi connectivity index (χ0) is 16.0. The average molecular weight is 313 g/mol. The summed E-state index contributed by atoms with van der Waals surface area (Å²) < 4.78 is 40.5. The van der Waals surface area contributed by atoms with E-state index in [0.717, 1.165) is 25.3 Å². The quantitative estimate of drug-likeness (QED) is 0.811. The molecule has 8 heteroatoms. The van der Waals surface area contributed by atoms with Crippen molar-refractivity contribution < 1.29 is 13.2 Å². The first-order valence-electron chi connectivity index (χ1n) is 7.29. The molecule has 120 valence electrons. The summed E-state index contributed by atoms with van der Waals surface area (Å²) >= 11 is 0. The minimum absolute atomic E-state index is 0.0201. The molecule has 0 radical (unpaired) electrons. The molecule has 2 aromatic heterocycles. The van der Waals surface area contributed by atoms with Gasteiger partial charge in [-0.25, -0.2) is 4.98 Å². The van der Waals surface area contributed by atoms with E-state index in [1.165, 1.54) is 10.8 Å². The molecular weight excluding hydrogens is 295 g/mol. The molecule has 1 aliphatic rings. The smallest absolute Gasteiger partial charge is 0.356 e. The predicted octanol–water partition coefficient (Wildman–Crippen LogP) is 3.16. The van der Waals surface area contributed by atoms with Gasteiger partial charge in [0, 0.05) is 19.2 Å². The number of aromatic nitrogens is 4. The molecule has 1 aliphatic heterocycles. The second-order valence-corrected chi connectivity index (χ2v) is 6.47. The lowest BCUT2D eigenvalue weighted by molar-refractivity contribution is -0.141. The number of halogens is 3. The Hall–Kier alpha value is -1.86. The van der Waals surface area contributed by atoms with E-state index in [0.29, 0.717) is 18.9 Å². The van der Waals surface area contributed by atoms with Crippen molar-refractivity contribution in [2.45, 2.75) is 39.3 Å².